The lowest BCUT2D eigenvalue weighted by atomic mass is 9.99. The number of aliphatic hydroxyl groups excluding tert-OH is 1. The Morgan fingerprint density at radius 1 is 0.979 bits per heavy atom. The van der Waals surface area contributed by atoms with Crippen molar-refractivity contribution in [1.82, 2.24) is 20.9 Å². The fraction of sp³-hybridized carbons (Fsp3) is 0.412. The van der Waals surface area contributed by atoms with Crippen molar-refractivity contribution in [2.75, 3.05) is 18.9 Å². The highest BCUT2D eigenvalue weighted by Crippen LogP contribution is 2.25. The number of nitrogens with one attached hydrogen (secondary N) is 3. The number of ether oxygens (including phenoxy) is 1. The fourth-order valence-corrected chi connectivity index (χ4v) is 6.31. The summed E-state index contributed by atoms with van der Waals surface area (Å²) in [6, 6.07) is 17.7. The first-order valence-electron chi connectivity index (χ1n) is 15.7. The zero-order chi connectivity index (χ0) is 35.1. The van der Waals surface area contributed by atoms with E-state index in [0.29, 0.717) is 24.2 Å². The van der Waals surface area contributed by atoms with Gasteiger partial charge in [0, 0.05) is 17.5 Å². The van der Waals surface area contributed by atoms with Gasteiger partial charge in [-0.15, -0.1) is 0 Å². The molecule has 1 aliphatic rings. The van der Waals surface area contributed by atoms with Crippen molar-refractivity contribution >= 4 is 44.4 Å². The van der Waals surface area contributed by atoms with Crippen LogP contribution in [0.3, 0.4) is 0 Å². The highest BCUT2D eigenvalue weighted by molar-refractivity contribution is 7.89. The lowest BCUT2D eigenvalue weighted by molar-refractivity contribution is -0.147. The van der Waals surface area contributed by atoms with Gasteiger partial charge in [-0.3, -0.25) is 19.2 Å². The molecule has 48 heavy (non-hydrogen) atoms. The molecule has 1 aliphatic heterocycles. The number of hydrogen-bond donors (Lipinski definition) is 5. The van der Waals surface area contributed by atoms with Gasteiger partial charge in [-0.1, -0.05) is 66.7 Å². The summed E-state index contributed by atoms with van der Waals surface area (Å²) in [4.78, 5) is 54.5. The second kappa shape index (κ2) is 15.6. The molecule has 258 valence electrons. The van der Waals surface area contributed by atoms with E-state index in [1.54, 1.807) is 42.5 Å². The molecule has 0 spiro atoms. The molecule has 4 amide bonds. The van der Waals surface area contributed by atoms with Crippen LogP contribution >= 0.6 is 0 Å². The van der Waals surface area contributed by atoms with Crippen LogP contribution < -0.4 is 25.8 Å². The Morgan fingerprint density at radius 2 is 1.65 bits per heavy atom. The molecule has 0 radical (unpaired) electrons. The second-order valence-electron chi connectivity index (χ2n) is 12.9. The molecule has 3 aromatic carbocycles. The van der Waals surface area contributed by atoms with Crippen LogP contribution in [-0.2, 0) is 35.6 Å². The number of sulfonamides is 1. The van der Waals surface area contributed by atoms with Crippen LogP contribution in [0.2, 0.25) is 0 Å². The molecule has 14 heteroatoms. The quantitative estimate of drug-likeness (QED) is 0.176. The first kappa shape index (κ1) is 36.3. The van der Waals surface area contributed by atoms with Crippen LogP contribution in [0.5, 0.6) is 5.75 Å². The number of carbonyl (C=O) groups is 4. The molecule has 1 saturated heterocycles. The molecule has 1 heterocycles. The van der Waals surface area contributed by atoms with Crippen LogP contribution in [0.15, 0.2) is 72.8 Å². The largest absolute Gasteiger partial charge is 0.483 e. The van der Waals surface area contributed by atoms with Gasteiger partial charge in [-0.2, -0.15) is 0 Å². The predicted octanol–water partition coefficient (Wildman–Crippen LogP) is 0.986. The van der Waals surface area contributed by atoms with Gasteiger partial charge in [0.05, 0.1) is 11.8 Å². The van der Waals surface area contributed by atoms with Crippen LogP contribution in [0.25, 0.3) is 10.8 Å². The van der Waals surface area contributed by atoms with Crippen LogP contribution in [0, 0.1) is 0 Å². The van der Waals surface area contributed by atoms with E-state index < -0.39 is 69.9 Å². The lowest BCUT2D eigenvalue weighted by Crippen LogP contribution is -2.60. The number of nitrogens with zero attached hydrogens (tertiary/aromatic N) is 1. The van der Waals surface area contributed by atoms with Gasteiger partial charge >= 0.3 is 0 Å². The number of rotatable bonds is 13. The molecule has 6 N–H and O–H groups in total. The van der Waals surface area contributed by atoms with Crippen molar-refractivity contribution < 1.29 is 37.4 Å². The van der Waals surface area contributed by atoms with Gasteiger partial charge < -0.3 is 30.7 Å². The summed E-state index contributed by atoms with van der Waals surface area (Å²) in [7, 11) is -4.28. The highest BCUT2D eigenvalue weighted by atomic mass is 32.2. The van der Waals surface area contributed by atoms with Crippen LogP contribution in [0.1, 0.15) is 39.2 Å². The zero-order valence-corrected chi connectivity index (χ0v) is 28.0. The second-order valence-corrected chi connectivity index (χ2v) is 14.6. The number of primary sulfonamides is 1. The number of fused-ring (bicyclic) bond motifs is 1. The number of hydrogen-bond acceptors (Lipinski definition) is 8. The van der Waals surface area contributed by atoms with Crippen molar-refractivity contribution in [2.45, 2.75) is 69.8 Å². The summed E-state index contributed by atoms with van der Waals surface area (Å²) in [6.45, 7) is 5.14. The minimum Gasteiger partial charge on any atom is -0.483 e. The van der Waals surface area contributed by atoms with E-state index in [-0.39, 0.29) is 18.9 Å². The van der Waals surface area contributed by atoms with E-state index in [0.717, 1.165) is 10.8 Å². The van der Waals surface area contributed by atoms with E-state index in [9.17, 15) is 32.7 Å². The molecule has 0 aliphatic carbocycles. The summed E-state index contributed by atoms with van der Waals surface area (Å²) < 4.78 is 29.9. The van der Waals surface area contributed by atoms with Gasteiger partial charge in [-0.25, -0.2) is 13.6 Å². The first-order valence-corrected chi connectivity index (χ1v) is 17.4. The maximum atomic E-state index is 13.7. The van der Waals surface area contributed by atoms with Crippen molar-refractivity contribution in [3.8, 4) is 5.75 Å². The smallest absolute Gasteiger partial charge is 0.258 e. The van der Waals surface area contributed by atoms with Crippen molar-refractivity contribution in [3.63, 3.8) is 0 Å². The van der Waals surface area contributed by atoms with Gasteiger partial charge in [0.25, 0.3) is 11.8 Å². The Balaban J connectivity index is 1.51. The third-order valence-electron chi connectivity index (χ3n) is 7.76. The predicted molar refractivity (Wildman–Crippen MR) is 180 cm³/mol. The SMILES string of the molecule is CC(C)(C)NC(=O)[C@@H]1CCCN1C(=O)[C@@H](O)[C@H](Cc1ccccc1)NC(=O)[C@H](CS(N)(=O)=O)NC(=O)COc1cccc2ccccc12. The average Bonchev–Trinajstić information content (AvgIpc) is 3.52. The first-order chi connectivity index (χ1) is 22.6. The number of aliphatic hydroxyl groups is 1. The van der Waals surface area contributed by atoms with Crippen LogP contribution in [-0.4, -0.2) is 90.7 Å². The number of nitrogens with two attached hydrogens (primary N) is 1. The standard InChI is InChI=1S/C34H43N5O8S/c1-34(2,3)38-32(43)27-16-10-18-39(27)33(44)30(41)25(19-22-11-5-4-6-12-22)37-31(42)26(21-48(35,45)46)36-29(40)20-47-28-17-9-14-23-13-7-8-15-24(23)28/h4-9,11-15,17,25-27,30,41H,10,16,18-21H2,1-3H3,(H,36,40)(H,37,42)(H,38,43)(H2,35,45,46)/t25-,26-,27-,30-/m0/s1. The van der Waals surface area contributed by atoms with Gasteiger partial charge in [0.15, 0.2) is 12.7 Å². The molecule has 0 bridgehead atoms. The molecule has 0 unspecified atom stereocenters. The Labute approximate surface area is 280 Å². The van der Waals surface area contributed by atoms with Gasteiger partial charge in [0.1, 0.15) is 17.8 Å². The average molecular weight is 682 g/mol. The molecule has 1 fully saturated rings. The number of amides is 4. The zero-order valence-electron chi connectivity index (χ0n) is 27.2. The third kappa shape index (κ3) is 10.2. The summed E-state index contributed by atoms with van der Waals surface area (Å²) in [5, 5.41) is 26.1. The maximum Gasteiger partial charge on any atom is 0.258 e. The topological polar surface area (TPSA) is 197 Å². The Kier molecular flexibility index (Phi) is 11.8. The Hall–Kier alpha value is -4.53. The number of likely N-dealkylation sites (tertiary alicyclic amines) is 1. The highest BCUT2D eigenvalue weighted by Gasteiger charge is 2.41. The van der Waals surface area contributed by atoms with Gasteiger partial charge in [-0.05, 0) is 57.0 Å². The van der Waals surface area contributed by atoms with Crippen molar-refractivity contribution in [1.29, 1.82) is 0 Å². The third-order valence-corrected chi connectivity index (χ3v) is 8.55. The van der Waals surface area contributed by atoms with E-state index in [1.165, 1.54) is 4.90 Å². The summed E-state index contributed by atoms with van der Waals surface area (Å²) in [5.41, 5.74) is 0.119. The molecule has 0 aromatic heterocycles. The normalized spacial score (nSPS) is 16.9. The molecule has 3 aromatic rings. The van der Waals surface area contributed by atoms with Gasteiger partial charge in [0.2, 0.25) is 21.8 Å². The molecule has 13 nitrogen and oxygen atoms in total. The molecule has 0 saturated carbocycles. The summed E-state index contributed by atoms with van der Waals surface area (Å²) in [6.07, 6.45) is -0.886. The molecule has 4 atom stereocenters. The Bertz CT molecular complexity index is 1720. The summed E-state index contributed by atoms with van der Waals surface area (Å²) >= 11 is 0. The van der Waals surface area contributed by atoms with E-state index in [4.69, 9.17) is 9.88 Å². The van der Waals surface area contributed by atoms with E-state index >= 15 is 0 Å². The summed E-state index contributed by atoms with van der Waals surface area (Å²) in [5.74, 6) is -3.45. The van der Waals surface area contributed by atoms with E-state index in [1.807, 2.05) is 51.1 Å². The van der Waals surface area contributed by atoms with Crippen molar-refractivity contribution in [3.05, 3.63) is 78.4 Å². The van der Waals surface area contributed by atoms with Crippen molar-refractivity contribution in [2.24, 2.45) is 5.14 Å². The molecular weight excluding hydrogens is 638 g/mol. The Morgan fingerprint density at radius 3 is 2.33 bits per heavy atom. The van der Waals surface area contributed by atoms with E-state index in [2.05, 4.69) is 16.0 Å². The number of benzene rings is 3. The minimum atomic E-state index is -4.28. The minimum absolute atomic E-state index is 0.0214. The fourth-order valence-electron chi connectivity index (χ4n) is 5.61. The molecule has 4 rings (SSSR count). The molecular formula is C34H43N5O8S. The lowest BCUT2D eigenvalue weighted by Gasteiger charge is -2.32. The maximum absolute atomic E-state index is 13.7. The monoisotopic (exact) mass is 681 g/mol. The number of carbonyl (C=O) groups excluding carboxylic acids is 4. The van der Waals surface area contributed by atoms with Crippen LogP contribution in [0.4, 0.5) is 0 Å².